The van der Waals surface area contributed by atoms with Gasteiger partial charge >= 0.3 is 0 Å². The van der Waals surface area contributed by atoms with Crippen LogP contribution in [0, 0.1) is 5.82 Å². The molecule has 0 saturated heterocycles. The molecule has 0 saturated carbocycles. The van der Waals surface area contributed by atoms with E-state index in [2.05, 4.69) is 10.3 Å². The highest BCUT2D eigenvalue weighted by atomic mass is 19.1. The summed E-state index contributed by atoms with van der Waals surface area (Å²) in [6.07, 6.45) is 1.82. The van der Waals surface area contributed by atoms with Crippen molar-refractivity contribution in [2.75, 3.05) is 5.32 Å². The molecule has 2 aromatic carbocycles. The molecule has 3 aromatic rings. The number of aromatic nitrogens is 2. The average molecular weight is 325 g/mol. The molecule has 1 aromatic heterocycles. The smallest absolute Gasteiger partial charge is 0.261 e. The number of benzene rings is 2. The maximum absolute atomic E-state index is 12.9. The predicted octanol–water partition coefficient (Wildman–Crippen LogP) is 3.13. The van der Waals surface area contributed by atoms with Gasteiger partial charge in [-0.2, -0.15) is 0 Å². The number of hydrogen-bond donors (Lipinski definition) is 1. The first-order chi connectivity index (χ1) is 11.6. The summed E-state index contributed by atoms with van der Waals surface area (Å²) in [5, 5.41) is 3.17. The SMILES string of the molecule is CCC(C(=O)Nc1ccc(F)cc1)n1cnc2ccccc2c1=O. The number of nitrogens with one attached hydrogen (secondary N) is 1. The molecule has 0 bridgehead atoms. The molecule has 1 N–H and O–H groups in total. The zero-order valence-corrected chi connectivity index (χ0v) is 13.1. The number of halogens is 1. The summed E-state index contributed by atoms with van der Waals surface area (Å²) in [6, 6.07) is 11.8. The third-order valence-corrected chi connectivity index (χ3v) is 3.83. The number of para-hydroxylation sites is 1. The number of fused-ring (bicyclic) bond motifs is 1. The van der Waals surface area contributed by atoms with Crippen molar-refractivity contribution >= 4 is 22.5 Å². The van der Waals surface area contributed by atoms with Crippen LogP contribution >= 0.6 is 0 Å². The molecule has 122 valence electrons. The molecular formula is C18H16FN3O2. The van der Waals surface area contributed by atoms with Gasteiger partial charge in [-0.3, -0.25) is 14.2 Å². The minimum Gasteiger partial charge on any atom is -0.324 e. The van der Waals surface area contributed by atoms with Crippen molar-refractivity contribution < 1.29 is 9.18 Å². The average Bonchev–Trinajstić information content (AvgIpc) is 2.60. The Morgan fingerprint density at radius 1 is 1.21 bits per heavy atom. The van der Waals surface area contributed by atoms with Crippen LogP contribution in [0.2, 0.25) is 0 Å². The van der Waals surface area contributed by atoms with E-state index in [4.69, 9.17) is 0 Å². The lowest BCUT2D eigenvalue weighted by Gasteiger charge is -2.18. The van der Waals surface area contributed by atoms with Crippen molar-refractivity contribution in [3.05, 3.63) is 71.0 Å². The Labute approximate surface area is 137 Å². The second-order valence-electron chi connectivity index (χ2n) is 5.39. The summed E-state index contributed by atoms with van der Waals surface area (Å²) in [4.78, 5) is 29.4. The molecule has 5 nitrogen and oxygen atoms in total. The minimum atomic E-state index is -0.695. The Morgan fingerprint density at radius 2 is 1.92 bits per heavy atom. The molecule has 1 amide bonds. The van der Waals surface area contributed by atoms with Crippen LogP contribution in [0.4, 0.5) is 10.1 Å². The van der Waals surface area contributed by atoms with Gasteiger partial charge in [0, 0.05) is 5.69 Å². The van der Waals surface area contributed by atoms with E-state index in [0.717, 1.165) is 0 Å². The van der Waals surface area contributed by atoms with Crippen molar-refractivity contribution in [1.82, 2.24) is 9.55 Å². The number of carbonyl (C=O) groups is 1. The Balaban J connectivity index is 1.93. The number of carbonyl (C=O) groups excluding carboxylic acids is 1. The van der Waals surface area contributed by atoms with E-state index in [-0.39, 0.29) is 17.3 Å². The van der Waals surface area contributed by atoms with Gasteiger partial charge in [0.05, 0.1) is 17.2 Å². The molecule has 6 heteroatoms. The van der Waals surface area contributed by atoms with Gasteiger partial charge in [-0.1, -0.05) is 19.1 Å². The van der Waals surface area contributed by atoms with Gasteiger partial charge in [0.25, 0.3) is 5.56 Å². The Kier molecular flexibility index (Phi) is 4.37. The van der Waals surface area contributed by atoms with Crippen molar-refractivity contribution in [3.63, 3.8) is 0 Å². The summed E-state index contributed by atoms with van der Waals surface area (Å²) in [6.45, 7) is 1.82. The van der Waals surface area contributed by atoms with E-state index in [1.807, 2.05) is 6.92 Å². The molecule has 0 fully saturated rings. The first kappa shape index (κ1) is 15.9. The van der Waals surface area contributed by atoms with Crippen molar-refractivity contribution in [3.8, 4) is 0 Å². The normalized spacial score (nSPS) is 12.1. The Hall–Kier alpha value is -3.02. The largest absolute Gasteiger partial charge is 0.324 e. The first-order valence-electron chi connectivity index (χ1n) is 7.62. The van der Waals surface area contributed by atoms with Crippen molar-refractivity contribution in [1.29, 1.82) is 0 Å². The molecule has 0 aliphatic carbocycles. The number of nitrogens with zero attached hydrogens (tertiary/aromatic N) is 2. The zero-order valence-electron chi connectivity index (χ0n) is 13.1. The zero-order chi connectivity index (χ0) is 17.1. The van der Waals surface area contributed by atoms with Gasteiger partial charge in [0.15, 0.2) is 0 Å². The fraction of sp³-hybridized carbons (Fsp3) is 0.167. The standard InChI is InChI=1S/C18H16FN3O2/c1-2-16(17(23)21-13-9-7-12(19)8-10-13)22-11-20-15-6-4-3-5-14(15)18(22)24/h3-11,16H,2H2,1H3,(H,21,23). The monoisotopic (exact) mass is 325 g/mol. The highest BCUT2D eigenvalue weighted by molar-refractivity contribution is 5.93. The minimum absolute atomic E-state index is 0.262. The van der Waals surface area contributed by atoms with Crippen LogP contribution in [0.1, 0.15) is 19.4 Å². The van der Waals surface area contributed by atoms with E-state index in [9.17, 15) is 14.0 Å². The first-order valence-corrected chi connectivity index (χ1v) is 7.62. The van der Waals surface area contributed by atoms with Crippen LogP contribution in [-0.4, -0.2) is 15.5 Å². The van der Waals surface area contributed by atoms with Gasteiger partial charge in [0.2, 0.25) is 5.91 Å². The summed E-state index contributed by atoms with van der Waals surface area (Å²) in [5.41, 5.74) is 0.802. The second-order valence-corrected chi connectivity index (χ2v) is 5.39. The summed E-state index contributed by atoms with van der Waals surface area (Å²) < 4.78 is 14.3. The van der Waals surface area contributed by atoms with E-state index >= 15 is 0 Å². The Bertz CT molecular complexity index is 935. The lowest BCUT2D eigenvalue weighted by Crippen LogP contribution is -2.33. The molecule has 0 aliphatic heterocycles. The molecule has 0 aliphatic rings. The fourth-order valence-electron chi connectivity index (χ4n) is 2.57. The van der Waals surface area contributed by atoms with Crippen LogP contribution in [-0.2, 0) is 4.79 Å². The topological polar surface area (TPSA) is 64.0 Å². The predicted molar refractivity (Wildman–Crippen MR) is 90.4 cm³/mol. The molecular weight excluding hydrogens is 309 g/mol. The van der Waals surface area contributed by atoms with Crippen LogP contribution in [0.3, 0.4) is 0 Å². The molecule has 3 rings (SSSR count). The number of rotatable bonds is 4. The third-order valence-electron chi connectivity index (χ3n) is 3.83. The second kappa shape index (κ2) is 6.62. The van der Waals surface area contributed by atoms with E-state index < -0.39 is 6.04 Å². The quantitative estimate of drug-likeness (QED) is 0.801. The van der Waals surface area contributed by atoms with Crippen molar-refractivity contribution in [2.24, 2.45) is 0 Å². The molecule has 24 heavy (non-hydrogen) atoms. The van der Waals surface area contributed by atoms with Gasteiger partial charge in [-0.25, -0.2) is 9.37 Å². The van der Waals surface area contributed by atoms with E-state index in [0.29, 0.717) is 23.0 Å². The van der Waals surface area contributed by atoms with Crippen molar-refractivity contribution in [2.45, 2.75) is 19.4 Å². The van der Waals surface area contributed by atoms with Crippen LogP contribution < -0.4 is 10.9 Å². The van der Waals surface area contributed by atoms with Gasteiger partial charge in [0.1, 0.15) is 11.9 Å². The molecule has 0 radical (unpaired) electrons. The summed E-state index contributed by atoms with van der Waals surface area (Å²) in [7, 11) is 0. The summed E-state index contributed by atoms with van der Waals surface area (Å²) in [5.74, 6) is -0.724. The third kappa shape index (κ3) is 3.03. The lowest BCUT2D eigenvalue weighted by molar-refractivity contribution is -0.119. The molecule has 1 unspecified atom stereocenters. The maximum atomic E-state index is 12.9. The lowest BCUT2D eigenvalue weighted by atomic mass is 10.1. The molecule has 0 spiro atoms. The Morgan fingerprint density at radius 3 is 2.62 bits per heavy atom. The fourth-order valence-corrected chi connectivity index (χ4v) is 2.57. The summed E-state index contributed by atoms with van der Waals surface area (Å²) >= 11 is 0. The highest BCUT2D eigenvalue weighted by Crippen LogP contribution is 2.15. The number of amides is 1. The molecule has 1 heterocycles. The van der Waals surface area contributed by atoms with E-state index in [1.54, 1.807) is 24.3 Å². The molecule has 1 atom stereocenters. The van der Waals surface area contributed by atoms with Crippen LogP contribution in [0.15, 0.2) is 59.7 Å². The number of hydrogen-bond acceptors (Lipinski definition) is 3. The highest BCUT2D eigenvalue weighted by Gasteiger charge is 2.20. The van der Waals surface area contributed by atoms with Crippen LogP contribution in [0.25, 0.3) is 10.9 Å². The van der Waals surface area contributed by atoms with Gasteiger partial charge < -0.3 is 5.32 Å². The van der Waals surface area contributed by atoms with Gasteiger partial charge in [-0.05, 0) is 42.8 Å². The van der Waals surface area contributed by atoms with E-state index in [1.165, 1.54) is 35.2 Å². The number of anilines is 1. The van der Waals surface area contributed by atoms with Crippen LogP contribution in [0.5, 0.6) is 0 Å². The van der Waals surface area contributed by atoms with Gasteiger partial charge in [-0.15, -0.1) is 0 Å². The maximum Gasteiger partial charge on any atom is 0.261 e.